The summed E-state index contributed by atoms with van der Waals surface area (Å²) in [7, 11) is -4.76. The summed E-state index contributed by atoms with van der Waals surface area (Å²) in [4.78, 5) is 13.1. The maximum atomic E-state index is 12.8. The largest absolute Gasteiger partial charge is 0.413 e. The molecule has 0 atom stereocenters. The molecule has 0 bridgehead atoms. The van der Waals surface area contributed by atoms with Crippen LogP contribution in [-0.4, -0.2) is 26.1 Å². The van der Waals surface area contributed by atoms with Crippen molar-refractivity contribution in [3.05, 3.63) is 34.1 Å². The average molecular weight is 318 g/mol. The molecular weight excluding hydrogens is 312 g/mol. The SMILES string of the molecule is O=[N+]([O-])c1cc(F)ccc1S(=O)(=O)NOCC(F)(F)F. The zero-order valence-corrected chi connectivity index (χ0v) is 10.2. The normalized spacial score (nSPS) is 12.4. The average Bonchev–Trinajstić information content (AvgIpc) is 2.26. The minimum Gasteiger partial charge on any atom is -0.277 e. The quantitative estimate of drug-likeness (QED) is 0.504. The Morgan fingerprint density at radius 2 is 1.95 bits per heavy atom. The summed E-state index contributed by atoms with van der Waals surface area (Å²) >= 11 is 0. The molecule has 0 aromatic heterocycles. The van der Waals surface area contributed by atoms with Gasteiger partial charge in [0.05, 0.1) is 11.0 Å². The molecule has 0 saturated heterocycles. The van der Waals surface area contributed by atoms with Crippen molar-refractivity contribution in [3.63, 3.8) is 0 Å². The molecule has 0 aliphatic carbocycles. The maximum Gasteiger partial charge on any atom is 0.413 e. The molecule has 0 aliphatic heterocycles. The summed E-state index contributed by atoms with van der Waals surface area (Å²) in [5, 5.41) is 10.6. The Hall–Kier alpha value is -1.79. The van der Waals surface area contributed by atoms with Gasteiger partial charge >= 0.3 is 6.18 Å². The van der Waals surface area contributed by atoms with E-state index in [1.807, 2.05) is 0 Å². The number of nitro benzene ring substituents is 1. The van der Waals surface area contributed by atoms with Crippen LogP contribution in [0.1, 0.15) is 0 Å². The topological polar surface area (TPSA) is 98.5 Å². The van der Waals surface area contributed by atoms with Gasteiger partial charge in [-0.1, -0.05) is 4.89 Å². The van der Waals surface area contributed by atoms with Crippen molar-refractivity contribution >= 4 is 15.7 Å². The Balaban J connectivity index is 3.01. The van der Waals surface area contributed by atoms with E-state index in [9.17, 15) is 36.1 Å². The predicted octanol–water partition coefficient (Wildman–Crippen LogP) is 1.51. The standard InChI is InChI=1S/C8H6F4N2O5S/c9-5-1-2-7(6(3-5)14(15)16)20(17,18)13-19-4-8(10,11)12/h1-3,13H,4H2. The van der Waals surface area contributed by atoms with Gasteiger partial charge in [0.15, 0.2) is 11.5 Å². The lowest BCUT2D eigenvalue weighted by molar-refractivity contribution is -0.388. The van der Waals surface area contributed by atoms with Crippen LogP contribution < -0.4 is 4.89 Å². The molecule has 0 heterocycles. The second kappa shape index (κ2) is 5.68. The fourth-order valence-corrected chi connectivity index (χ4v) is 2.05. The molecule has 1 aromatic rings. The van der Waals surface area contributed by atoms with E-state index >= 15 is 0 Å². The molecule has 20 heavy (non-hydrogen) atoms. The summed E-state index contributed by atoms with van der Waals surface area (Å²) < 4.78 is 71.2. The van der Waals surface area contributed by atoms with Gasteiger partial charge in [0.25, 0.3) is 15.7 Å². The van der Waals surface area contributed by atoms with Crippen LogP contribution in [0.2, 0.25) is 0 Å². The minimum atomic E-state index is -4.79. The molecule has 1 aromatic carbocycles. The van der Waals surface area contributed by atoms with E-state index in [-0.39, 0.29) is 0 Å². The molecule has 0 unspecified atom stereocenters. The van der Waals surface area contributed by atoms with Crippen LogP contribution in [-0.2, 0) is 14.9 Å². The fourth-order valence-electron chi connectivity index (χ4n) is 1.09. The van der Waals surface area contributed by atoms with Gasteiger partial charge in [0.2, 0.25) is 0 Å². The Morgan fingerprint density at radius 1 is 1.35 bits per heavy atom. The number of hydrogen-bond donors (Lipinski definition) is 1. The molecule has 0 fully saturated rings. The fraction of sp³-hybridized carbons (Fsp3) is 0.250. The van der Waals surface area contributed by atoms with Gasteiger partial charge in [0.1, 0.15) is 5.82 Å². The summed E-state index contributed by atoms with van der Waals surface area (Å²) in [5.41, 5.74) is -1.13. The first-order valence-corrected chi connectivity index (χ1v) is 6.15. The first-order valence-electron chi connectivity index (χ1n) is 4.67. The molecule has 7 nitrogen and oxygen atoms in total. The number of halogens is 4. The molecular formula is C8H6F4N2O5S. The molecule has 0 aliphatic rings. The highest BCUT2D eigenvalue weighted by Crippen LogP contribution is 2.24. The number of nitrogens with zero attached hydrogens (tertiary/aromatic N) is 1. The number of nitrogens with one attached hydrogen (secondary N) is 1. The Labute approximate surface area is 109 Å². The van der Waals surface area contributed by atoms with Crippen molar-refractivity contribution in [2.45, 2.75) is 11.1 Å². The number of hydrogen-bond acceptors (Lipinski definition) is 5. The van der Waals surface area contributed by atoms with Crippen molar-refractivity contribution in [1.29, 1.82) is 0 Å². The molecule has 112 valence electrons. The second-order valence-electron chi connectivity index (χ2n) is 3.36. The van der Waals surface area contributed by atoms with Gasteiger partial charge in [-0.2, -0.15) is 13.2 Å². The van der Waals surface area contributed by atoms with Crippen molar-refractivity contribution < 1.29 is 35.7 Å². The molecule has 12 heteroatoms. The van der Waals surface area contributed by atoms with Crippen LogP contribution in [0.15, 0.2) is 23.1 Å². The summed E-state index contributed by atoms with van der Waals surface area (Å²) in [6.45, 7) is -1.93. The third kappa shape index (κ3) is 4.40. The van der Waals surface area contributed by atoms with Crippen LogP contribution in [0.5, 0.6) is 0 Å². The number of benzene rings is 1. The minimum absolute atomic E-state index is 0.318. The van der Waals surface area contributed by atoms with Gasteiger partial charge in [-0.25, -0.2) is 12.8 Å². The van der Waals surface area contributed by atoms with Crippen LogP contribution in [0.4, 0.5) is 23.2 Å². The maximum absolute atomic E-state index is 12.8. The summed E-state index contributed by atoms with van der Waals surface area (Å²) in [5.74, 6) is -1.08. The van der Waals surface area contributed by atoms with E-state index in [0.717, 1.165) is 4.89 Å². The monoisotopic (exact) mass is 318 g/mol. The van der Waals surface area contributed by atoms with Crippen LogP contribution in [0.3, 0.4) is 0 Å². The third-order valence-corrected chi connectivity index (χ3v) is 3.07. The summed E-state index contributed by atoms with van der Waals surface area (Å²) in [6.07, 6.45) is -4.79. The highest BCUT2D eigenvalue weighted by Gasteiger charge is 2.31. The van der Waals surface area contributed by atoms with E-state index in [1.165, 1.54) is 0 Å². The van der Waals surface area contributed by atoms with E-state index in [4.69, 9.17) is 0 Å². The third-order valence-electron chi connectivity index (χ3n) is 1.81. The number of alkyl halides is 3. The Bertz CT molecular complexity index is 616. The Morgan fingerprint density at radius 3 is 2.45 bits per heavy atom. The zero-order valence-electron chi connectivity index (χ0n) is 9.35. The van der Waals surface area contributed by atoms with Crippen LogP contribution in [0.25, 0.3) is 0 Å². The van der Waals surface area contributed by atoms with E-state index < -0.39 is 44.1 Å². The number of sulfonamides is 1. The first kappa shape index (κ1) is 16.3. The molecule has 0 saturated carbocycles. The van der Waals surface area contributed by atoms with Gasteiger partial charge in [-0.3, -0.25) is 15.0 Å². The van der Waals surface area contributed by atoms with Gasteiger partial charge in [-0.05, 0) is 12.1 Å². The van der Waals surface area contributed by atoms with Crippen molar-refractivity contribution in [3.8, 4) is 0 Å². The van der Waals surface area contributed by atoms with Gasteiger partial charge in [-0.15, -0.1) is 0 Å². The highest BCUT2D eigenvalue weighted by molar-refractivity contribution is 7.89. The number of rotatable bonds is 5. The van der Waals surface area contributed by atoms with Crippen molar-refractivity contribution in [1.82, 2.24) is 4.89 Å². The molecule has 0 radical (unpaired) electrons. The highest BCUT2D eigenvalue weighted by atomic mass is 32.2. The molecule has 1 N–H and O–H groups in total. The van der Waals surface area contributed by atoms with Gasteiger partial charge in [0, 0.05) is 0 Å². The first-order chi connectivity index (χ1) is 9.03. The zero-order chi connectivity index (χ0) is 15.6. The molecule has 1 rings (SSSR count). The Kier molecular flexibility index (Phi) is 4.62. The van der Waals surface area contributed by atoms with Crippen LogP contribution >= 0.6 is 0 Å². The molecule has 0 amide bonds. The molecule has 0 spiro atoms. The van der Waals surface area contributed by atoms with Crippen LogP contribution in [0, 0.1) is 15.9 Å². The lowest BCUT2D eigenvalue weighted by Gasteiger charge is -2.09. The number of nitro groups is 1. The summed E-state index contributed by atoms with van der Waals surface area (Å²) in [6, 6.07) is 1.45. The van der Waals surface area contributed by atoms with E-state index in [2.05, 4.69) is 4.84 Å². The van der Waals surface area contributed by atoms with Gasteiger partial charge < -0.3 is 0 Å². The smallest absolute Gasteiger partial charge is 0.277 e. The lowest BCUT2D eigenvalue weighted by Crippen LogP contribution is -2.30. The second-order valence-corrected chi connectivity index (χ2v) is 4.97. The van der Waals surface area contributed by atoms with Crippen molar-refractivity contribution in [2.24, 2.45) is 0 Å². The van der Waals surface area contributed by atoms with E-state index in [0.29, 0.717) is 18.2 Å². The van der Waals surface area contributed by atoms with Crippen molar-refractivity contribution in [2.75, 3.05) is 6.61 Å². The van der Waals surface area contributed by atoms with E-state index in [1.54, 1.807) is 0 Å². The lowest BCUT2D eigenvalue weighted by atomic mass is 10.3. The predicted molar refractivity (Wildman–Crippen MR) is 55.4 cm³/mol.